The van der Waals surface area contributed by atoms with Gasteiger partial charge in [-0.3, -0.25) is 0 Å². The van der Waals surface area contributed by atoms with Crippen LogP contribution in [0.2, 0.25) is 0 Å². The average molecular weight is 210 g/mol. The Bertz CT molecular complexity index is 279. The predicted molar refractivity (Wildman–Crippen MR) is 63.6 cm³/mol. The quantitative estimate of drug-likeness (QED) is 0.647. The van der Waals surface area contributed by atoms with Gasteiger partial charge in [-0.25, -0.2) is 0 Å². The van der Waals surface area contributed by atoms with E-state index in [2.05, 4.69) is 41.5 Å². The summed E-state index contributed by atoms with van der Waals surface area (Å²) in [6.07, 6.45) is 3.73. The average Bonchev–Trinajstić information content (AvgIpc) is 2.50. The highest BCUT2D eigenvalue weighted by Gasteiger charge is 2.71. The molecule has 2 fully saturated rings. The smallest absolute Gasteiger partial charge is 0.0802 e. The van der Waals surface area contributed by atoms with Crippen molar-refractivity contribution in [3.63, 3.8) is 0 Å². The van der Waals surface area contributed by atoms with E-state index < -0.39 is 5.60 Å². The fourth-order valence-electron chi connectivity index (χ4n) is 5.13. The molecule has 0 amide bonds. The van der Waals surface area contributed by atoms with E-state index in [9.17, 15) is 5.11 Å². The van der Waals surface area contributed by atoms with Gasteiger partial charge >= 0.3 is 0 Å². The van der Waals surface area contributed by atoms with Crippen LogP contribution < -0.4 is 0 Å². The van der Waals surface area contributed by atoms with E-state index in [0.717, 1.165) is 0 Å². The van der Waals surface area contributed by atoms with Gasteiger partial charge in [0.05, 0.1) is 5.60 Å². The maximum Gasteiger partial charge on any atom is 0.0802 e. The molecule has 3 unspecified atom stereocenters. The Morgan fingerprint density at radius 3 is 1.93 bits per heavy atom. The number of hydrogen-bond donors (Lipinski definition) is 1. The largest absolute Gasteiger partial charge is 0.388 e. The first-order valence-electron chi connectivity index (χ1n) is 6.29. The number of hydrogen-bond acceptors (Lipinski definition) is 1. The molecule has 2 rings (SSSR count). The molecular weight excluding hydrogens is 184 g/mol. The van der Waals surface area contributed by atoms with Crippen molar-refractivity contribution in [3.05, 3.63) is 0 Å². The van der Waals surface area contributed by atoms with Crippen LogP contribution in [0.3, 0.4) is 0 Å². The third-order valence-electron chi connectivity index (χ3n) is 5.65. The molecule has 1 heteroatoms. The standard InChI is InChI=1S/C14H26O/c1-11(2,3)14(15)12(4,5)10-7-8-13(14,6)9-10/h10,15H,7-9H2,1-6H3. The fourth-order valence-corrected chi connectivity index (χ4v) is 5.13. The van der Waals surface area contributed by atoms with Crippen LogP contribution in [0, 0.1) is 22.2 Å². The second-order valence-electron chi connectivity index (χ2n) is 7.68. The first kappa shape index (κ1) is 11.4. The van der Waals surface area contributed by atoms with E-state index in [4.69, 9.17) is 0 Å². The molecule has 15 heavy (non-hydrogen) atoms. The Morgan fingerprint density at radius 2 is 1.67 bits per heavy atom. The highest BCUT2D eigenvalue weighted by molar-refractivity contribution is 5.21. The number of rotatable bonds is 0. The molecule has 0 aromatic carbocycles. The van der Waals surface area contributed by atoms with Crippen LogP contribution in [0.15, 0.2) is 0 Å². The Kier molecular flexibility index (Phi) is 1.99. The van der Waals surface area contributed by atoms with Gasteiger partial charge in [-0.1, -0.05) is 41.5 Å². The molecule has 2 aliphatic rings. The number of aliphatic hydroxyl groups is 1. The minimum absolute atomic E-state index is 0.0274. The summed E-state index contributed by atoms with van der Waals surface area (Å²) >= 11 is 0. The Labute approximate surface area is 94.3 Å². The van der Waals surface area contributed by atoms with Gasteiger partial charge in [-0.15, -0.1) is 0 Å². The lowest BCUT2D eigenvalue weighted by Crippen LogP contribution is -2.61. The van der Waals surface area contributed by atoms with Gasteiger partial charge < -0.3 is 5.11 Å². The summed E-state index contributed by atoms with van der Waals surface area (Å²) in [5.41, 5.74) is -0.339. The highest BCUT2D eigenvalue weighted by atomic mass is 16.3. The van der Waals surface area contributed by atoms with Crippen LogP contribution in [0.1, 0.15) is 60.8 Å². The van der Waals surface area contributed by atoms with Gasteiger partial charge in [0.1, 0.15) is 0 Å². The molecule has 3 atom stereocenters. The first-order chi connectivity index (χ1) is 6.56. The summed E-state index contributed by atoms with van der Waals surface area (Å²) in [7, 11) is 0. The van der Waals surface area contributed by atoms with Gasteiger partial charge in [-0.2, -0.15) is 0 Å². The van der Waals surface area contributed by atoms with Crippen LogP contribution in [-0.2, 0) is 0 Å². The van der Waals surface area contributed by atoms with Crippen molar-refractivity contribution in [3.8, 4) is 0 Å². The van der Waals surface area contributed by atoms with Crippen molar-refractivity contribution >= 4 is 0 Å². The molecule has 0 saturated heterocycles. The molecule has 88 valence electrons. The van der Waals surface area contributed by atoms with E-state index in [1.807, 2.05) is 0 Å². The highest BCUT2D eigenvalue weighted by Crippen LogP contribution is 2.72. The van der Waals surface area contributed by atoms with E-state index in [1.54, 1.807) is 0 Å². The zero-order valence-electron chi connectivity index (χ0n) is 11.1. The molecule has 0 radical (unpaired) electrons. The topological polar surface area (TPSA) is 20.2 Å². The van der Waals surface area contributed by atoms with Crippen LogP contribution in [0.25, 0.3) is 0 Å². The van der Waals surface area contributed by atoms with Crippen molar-refractivity contribution in [1.82, 2.24) is 0 Å². The second kappa shape index (κ2) is 2.61. The van der Waals surface area contributed by atoms with Crippen molar-refractivity contribution in [1.29, 1.82) is 0 Å². The summed E-state index contributed by atoms with van der Waals surface area (Å²) in [5, 5.41) is 11.3. The Balaban J connectivity index is 2.55. The summed E-state index contributed by atoms with van der Waals surface area (Å²) in [4.78, 5) is 0. The zero-order chi connectivity index (χ0) is 11.7. The lowest BCUT2D eigenvalue weighted by Gasteiger charge is -2.57. The molecule has 1 N–H and O–H groups in total. The molecule has 0 aromatic heterocycles. The third kappa shape index (κ3) is 1.03. The lowest BCUT2D eigenvalue weighted by molar-refractivity contribution is -0.206. The lowest BCUT2D eigenvalue weighted by atomic mass is 9.51. The van der Waals surface area contributed by atoms with E-state index in [1.165, 1.54) is 19.3 Å². The van der Waals surface area contributed by atoms with Crippen LogP contribution >= 0.6 is 0 Å². The summed E-state index contributed by atoms with van der Waals surface area (Å²) in [5.74, 6) is 0.715. The van der Waals surface area contributed by atoms with Gasteiger partial charge in [0.15, 0.2) is 0 Å². The SMILES string of the molecule is CC(C)(C)C1(O)C2(C)CCC(C2)C1(C)C. The van der Waals surface area contributed by atoms with E-state index in [0.29, 0.717) is 5.92 Å². The minimum atomic E-state index is -0.518. The summed E-state index contributed by atoms with van der Waals surface area (Å²) < 4.78 is 0. The van der Waals surface area contributed by atoms with Crippen molar-refractivity contribution < 1.29 is 5.11 Å². The van der Waals surface area contributed by atoms with Gasteiger partial charge in [0.25, 0.3) is 0 Å². The molecule has 0 spiro atoms. The molecule has 0 aromatic rings. The second-order valence-corrected chi connectivity index (χ2v) is 7.68. The van der Waals surface area contributed by atoms with E-state index >= 15 is 0 Å². The predicted octanol–water partition coefficient (Wildman–Crippen LogP) is 3.61. The van der Waals surface area contributed by atoms with Crippen LogP contribution in [0.4, 0.5) is 0 Å². The zero-order valence-corrected chi connectivity index (χ0v) is 11.1. The maximum atomic E-state index is 11.3. The fraction of sp³-hybridized carbons (Fsp3) is 1.00. The van der Waals surface area contributed by atoms with Crippen LogP contribution in [0.5, 0.6) is 0 Å². The van der Waals surface area contributed by atoms with Gasteiger partial charge in [0.2, 0.25) is 0 Å². The summed E-state index contributed by atoms with van der Waals surface area (Å²) in [6.45, 7) is 13.4. The van der Waals surface area contributed by atoms with Crippen molar-refractivity contribution in [2.75, 3.05) is 0 Å². The van der Waals surface area contributed by atoms with Crippen molar-refractivity contribution in [2.45, 2.75) is 66.4 Å². The third-order valence-corrected chi connectivity index (χ3v) is 5.65. The first-order valence-corrected chi connectivity index (χ1v) is 6.29. The normalized spacial score (nSPS) is 48.6. The van der Waals surface area contributed by atoms with Crippen molar-refractivity contribution in [2.24, 2.45) is 22.2 Å². The molecule has 2 saturated carbocycles. The molecule has 2 aliphatic carbocycles. The Morgan fingerprint density at radius 1 is 1.13 bits per heavy atom. The molecule has 1 nitrogen and oxygen atoms in total. The maximum absolute atomic E-state index is 11.3. The molecule has 0 heterocycles. The monoisotopic (exact) mass is 210 g/mol. The van der Waals surface area contributed by atoms with Gasteiger partial charge in [0, 0.05) is 0 Å². The number of fused-ring (bicyclic) bond motifs is 2. The molecular formula is C14H26O. The van der Waals surface area contributed by atoms with Gasteiger partial charge in [-0.05, 0) is 41.4 Å². The molecule has 0 aliphatic heterocycles. The molecule has 2 bridgehead atoms. The minimum Gasteiger partial charge on any atom is -0.388 e. The summed E-state index contributed by atoms with van der Waals surface area (Å²) in [6, 6.07) is 0. The Hall–Kier alpha value is -0.0400. The van der Waals surface area contributed by atoms with Crippen LogP contribution in [-0.4, -0.2) is 10.7 Å². The van der Waals surface area contributed by atoms with E-state index in [-0.39, 0.29) is 16.2 Å².